The first kappa shape index (κ1) is 18.7. The van der Waals surface area contributed by atoms with Gasteiger partial charge in [0.05, 0.1) is 5.75 Å². The molecule has 1 aromatic rings. The second-order valence-electron chi connectivity index (χ2n) is 6.37. The lowest BCUT2D eigenvalue weighted by Crippen LogP contribution is -2.47. The molecular weight excluding hydrogens is 360 g/mol. The first-order chi connectivity index (χ1) is 12.5. The van der Waals surface area contributed by atoms with E-state index in [4.69, 9.17) is 4.74 Å². The second kappa shape index (κ2) is 8.09. The molecular formula is C16H22N4O5S. The number of amides is 2. The minimum atomic E-state index is -3.52. The number of piperidine rings is 2. The third-order valence-electron chi connectivity index (χ3n) is 4.59. The van der Waals surface area contributed by atoms with Crippen molar-refractivity contribution in [1.82, 2.24) is 19.2 Å². The molecule has 2 fully saturated rings. The molecule has 9 nitrogen and oxygen atoms in total. The van der Waals surface area contributed by atoms with Crippen LogP contribution in [0.2, 0.25) is 0 Å². The fraction of sp³-hybridized carbons (Fsp3) is 0.625. The van der Waals surface area contributed by atoms with Gasteiger partial charge in [-0.25, -0.2) is 22.7 Å². The summed E-state index contributed by atoms with van der Waals surface area (Å²) in [6, 6.07) is 1.66. The van der Waals surface area contributed by atoms with Gasteiger partial charge < -0.3 is 4.74 Å². The van der Waals surface area contributed by atoms with Crippen LogP contribution in [0.1, 0.15) is 32.1 Å². The standard InChI is InChI=1S/C16H22N4O5S/c21-15-2-1-3-16(22)20(15)10-11-26(23,24)19-8-5-13(6-9-19)25-14-4-7-17-12-18-14/h4,7,12-13H,1-3,5-6,8-11H2. The summed E-state index contributed by atoms with van der Waals surface area (Å²) in [6.07, 6.45) is 5.16. The van der Waals surface area contributed by atoms with Crippen LogP contribution >= 0.6 is 0 Å². The highest BCUT2D eigenvalue weighted by Crippen LogP contribution is 2.19. The molecule has 0 aliphatic carbocycles. The summed E-state index contributed by atoms with van der Waals surface area (Å²) in [5, 5.41) is 0. The van der Waals surface area contributed by atoms with Gasteiger partial charge >= 0.3 is 0 Å². The molecule has 0 spiro atoms. The zero-order valence-electron chi connectivity index (χ0n) is 14.4. The van der Waals surface area contributed by atoms with Crippen molar-refractivity contribution in [3.05, 3.63) is 18.6 Å². The number of imide groups is 1. The van der Waals surface area contributed by atoms with E-state index in [1.54, 1.807) is 12.3 Å². The molecule has 3 heterocycles. The highest BCUT2D eigenvalue weighted by atomic mass is 32.2. The maximum Gasteiger partial charge on any atom is 0.229 e. The monoisotopic (exact) mass is 382 g/mol. The van der Waals surface area contributed by atoms with Gasteiger partial charge in [0.15, 0.2) is 0 Å². The molecule has 2 saturated heterocycles. The van der Waals surface area contributed by atoms with Gasteiger partial charge in [-0.2, -0.15) is 0 Å². The van der Waals surface area contributed by atoms with Gasteiger partial charge in [0, 0.05) is 44.7 Å². The average molecular weight is 382 g/mol. The van der Waals surface area contributed by atoms with Crippen LogP contribution in [0.25, 0.3) is 0 Å². The molecule has 2 amide bonds. The van der Waals surface area contributed by atoms with Crippen molar-refractivity contribution < 1.29 is 22.7 Å². The number of carbonyl (C=O) groups excluding carboxylic acids is 2. The maximum absolute atomic E-state index is 12.5. The number of sulfonamides is 1. The molecule has 0 N–H and O–H groups in total. The van der Waals surface area contributed by atoms with Gasteiger partial charge in [0.25, 0.3) is 0 Å². The lowest BCUT2D eigenvalue weighted by atomic mass is 10.1. The van der Waals surface area contributed by atoms with E-state index in [0.29, 0.717) is 51.1 Å². The van der Waals surface area contributed by atoms with Crippen molar-refractivity contribution in [2.24, 2.45) is 0 Å². The summed E-state index contributed by atoms with van der Waals surface area (Å²) in [6.45, 7) is 0.622. The van der Waals surface area contributed by atoms with Crippen molar-refractivity contribution >= 4 is 21.8 Å². The Kier molecular flexibility index (Phi) is 5.82. The fourth-order valence-electron chi connectivity index (χ4n) is 3.13. The van der Waals surface area contributed by atoms with Gasteiger partial charge in [-0.1, -0.05) is 0 Å². The summed E-state index contributed by atoms with van der Waals surface area (Å²) >= 11 is 0. The number of aromatic nitrogens is 2. The summed E-state index contributed by atoms with van der Waals surface area (Å²) in [4.78, 5) is 32.5. The van der Waals surface area contributed by atoms with Crippen LogP contribution in [0.5, 0.6) is 5.88 Å². The van der Waals surface area contributed by atoms with Crippen molar-refractivity contribution in [3.8, 4) is 5.88 Å². The Balaban J connectivity index is 1.49. The minimum Gasteiger partial charge on any atom is -0.474 e. The molecule has 0 bridgehead atoms. The highest BCUT2D eigenvalue weighted by molar-refractivity contribution is 7.89. The van der Waals surface area contributed by atoms with E-state index in [0.717, 1.165) is 4.90 Å². The molecule has 2 aliphatic heterocycles. The lowest BCUT2D eigenvalue weighted by Gasteiger charge is -2.32. The molecule has 0 saturated carbocycles. The third kappa shape index (κ3) is 4.55. The van der Waals surface area contributed by atoms with E-state index in [2.05, 4.69) is 9.97 Å². The molecule has 0 atom stereocenters. The van der Waals surface area contributed by atoms with Gasteiger partial charge in [0.1, 0.15) is 12.4 Å². The number of carbonyl (C=O) groups is 2. The maximum atomic E-state index is 12.5. The Labute approximate surface area is 152 Å². The van der Waals surface area contributed by atoms with Gasteiger partial charge in [-0.05, 0) is 19.3 Å². The zero-order chi connectivity index (χ0) is 18.6. The van der Waals surface area contributed by atoms with Crippen LogP contribution in [-0.4, -0.2) is 70.9 Å². The first-order valence-corrected chi connectivity index (χ1v) is 10.3. The highest BCUT2D eigenvalue weighted by Gasteiger charge is 2.32. The molecule has 0 aromatic carbocycles. The van der Waals surface area contributed by atoms with Crippen molar-refractivity contribution in [2.45, 2.75) is 38.2 Å². The second-order valence-corrected chi connectivity index (χ2v) is 8.46. The van der Waals surface area contributed by atoms with E-state index in [9.17, 15) is 18.0 Å². The normalized spacial score (nSPS) is 20.4. The number of rotatable bonds is 6. The molecule has 2 aliphatic rings. The Bertz CT molecular complexity index is 731. The van der Waals surface area contributed by atoms with Crippen molar-refractivity contribution in [2.75, 3.05) is 25.4 Å². The Morgan fingerprint density at radius 1 is 1.15 bits per heavy atom. The van der Waals surface area contributed by atoms with Crippen LogP contribution in [0.4, 0.5) is 0 Å². The minimum absolute atomic E-state index is 0.0721. The van der Waals surface area contributed by atoms with Gasteiger partial charge in [0.2, 0.25) is 27.7 Å². The topological polar surface area (TPSA) is 110 Å². The van der Waals surface area contributed by atoms with Crippen LogP contribution in [0.15, 0.2) is 18.6 Å². The smallest absolute Gasteiger partial charge is 0.229 e. The van der Waals surface area contributed by atoms with Gasteiger partial charge in [-0.3, -0.25) is 14.5 Å². The van der Waals surface area contributed by atoms with Crippen LogP contribution < -0.4 is 4.74 Å². The Morgan fingerprint density at radius 3 is 2.46 bits per heavy atom. The molecule has 26 heavy (non-hydrogen) atoms. The molecule has 3 rings (SSSR count). The molecule has 0 radical (unpaired) electrons. The van der Waals surface area contributed by atoms with E-state index >= 15 is 0 Å². The quantitative estimate of drug-likeness (QED) is 0.646. The van der Waals surface area contributed by atoms with E-state index in [-0.39, 0.29) is 30.2 Å². The van der Waals surface area contributed by atoms with Crippen LogP contribution in [-0.2, 0) is 19.6 Å². The predicted molar refractivity (Wildman–Crippen MR) is 91.6 cm³/mol. The summed E-state index contributed by atoms with van der Waals surface area (Å²) < 4.78 is 32.2. The lowest BCUT2D eigenvalue weighted by molar-refractivity contribution is -0.147. The summed E-state index contributed by atoms with van der Waals surface area (Å²) in [5.74, 6) is -0.327. The fourth-order valence-corrected chi connectivity index (χ4v) is 4.57. The average Bonchev–Trinajstić information content (AvgIpc) is 2.63. The number of ether oxygens (including phenoxy) is 1. The Morgan fingerprint density at radius 2 is 1.85 bits per heavy atom. The van der Waals surface area contributed by atoms with E-state index in [1.165, 1.54) is 10.6 Å². The Hall–Kier alpha value is -2.07. The summed E-state index contributed by atoms with van der Waals surface area (Å²) in [5.41, 5.74) is 0. The molecule has 10 heteroatoms. The number of hydrogen-bond acceptors (Lipinski definition) is 7. The van der Waals surface area contributed by atoms with Gasteiger partial charge in [-0.15, -0.1) is 0 Å². The van der Waals surface area contributed by atoms with Crippen molar-refractivity contribution in [1.29, 1.82) is 0 Å². The molecule has 142 valence electrons. The largest absolute Gasteiger partial charge is 0.474 e. The van der Waals surface area contributed by atoms with Crippen LogP contribution in [0, 0.1) is 0 Å². The van der Waals surface area contributed by atoms with E-state index < -0.39 is 10.0 Å². The van der Waals surface area contributed by atoms with E-state index in [1.807, 2.05) is 0 Å². The first-order valence-electron chi connectivity index (χ1n) is 8.69. The summed E-state index contributed by atoms with van der Waals surface area (Å²) in [7, 11) is -3.52. The molecule has 0 unspecified atom stereocenters. The number of likely N-dealkylation sites (tertiary alicyclic amines) is 1. The number of hydrogen-bond donors (Lipinski definition) is 0. The third-order valence-corrected chi connectivity index (χ3v) is 6.44. The zero-order valence-corrected chi connectivity index (χ0v) is 15.2. The predicted octanol–water partition coefficient (Wildman–Crippen LogP) is 0.189. The SMILES string of the molecule is O=C1CCCC(=O)N1CCS(=O)(=O)N1CCC(Oc2ccncn2)CC1. The van der Waals surface area contributed by atoms with Crippen LogP contribution in [0.3, 0.4) is 0 Å². The number of nitrogens with zero attached hydrogens (tertiary/aromatic N) is 4. The van der Waals surface area contributed by atoms with Crippen molar-refractivity contribution in [3.63, 3.8) is 0 Å². The molecule has 1 aromatic heterocycles.